The zero-order valence-electron chi connectivity index (χ0n) is 42.4. The lowest BCUT2D eigenvalue weighted by molar-refractivity contribution is -0.138. The number of H-pyrrole nitrogens is 1. The average molecular weight is 978 g/mol. The molecule has 0 unspecified atom stereocenters. The summed E-state index contributed by atoms with van der Waals surface area (Å²) in [4.78, 5) is 81.7. The second kappa shape index (κ2) is 22.7. The number of likely N-dealkylation sites (N-methyl/N-ethyl adjacent to an activating group) is 1. The Hall–Kier alpha value is -6.46. The van der Waals surface area contributed by atoms with Gasteiger partial charge in [0.05, 0.1) is 38.3 Å². The number of rotatable bonds is 20. The van der Waals surface area contributed by atoms with Gasteiger partial charge >= 0.3 is 18.3 Å². The van der Waals surface area contributed by atoms with E-state index < -0.39 is 53.9 Å². The van der Waals surface area contributed by atoms with Crippen molar-refractivity contribution in [1.82, 2.24) is 30.0 Å². The summed E-state index contributed by atoms with van der Waals surface area (Å²) in [7, 11) is 5.88. The zero-order chi connectivity index (χ0) is 51.1. The Labute approximate surface area is 416 Å². The normalized spacial score (nSPS) is 19.8. The Balaban J connectivity index is 1.27. The first-order valence-corrected chi connectivity index (χ1v) is 24.9. The van der Waals surface area contributed by atoms with E-state index in [0.717, 1.165) is 76.9 Å². The molecule has 6 atom stereocenters. The van der Waals surface area contributed by atoms with Gasteiger partial charge in [0, 0.05) is 57.3 Å². The minimum absolute atomic E-state index is 0.0300. The first-order chi connectivity index (χ1) is 34.1. The summed E-state index contributed by atoms with van der Waals surface area (Å²) in [5, 5.41) is 23.8. The molecule has 1 aromatic heterocycles. The fourth-order valence-corrected chi connectivity index (χ4v) is 11.5. The molecule has 3 aromatic carbocycles. The number of carboxylic acid groups (broad SMARTS) is 2. The molecule has 4 aromatic rings. The summed E-state index contributed by atoms with van der Waals surface area (Å²) < 4.78 is 16.0. The maximum Gasteiger partial charge on any atom is 0.413 e. The van der Waals surface area contributed by atoms with Crippen molar-refractivity contribution in [2.45, 2.75) is 109 Å². The number of benzene rings is 3. The number of fused-ring (bicyclic) bond motifs is 3. The van der Waals surface area contributed by atoms with Gasteiger partial charge in [0.15, 0.2) is 0 Å². The summed E-state index contributed by atoms with van der Waals surface area (Å²) in [6.07, 6.45) is 4.01. The number of anilines is 1. The maximum absolute atomic E-state index is 14.7. The molecular weight excluding hydrogens is 907 g/mol. The van der Waals surface area contributed by atoms with Crippen molar-refractivity contribution in [2.24, 2.45) is 17.8 Å². The predicted octanol–water partition coefficient (Wildman–Crippen LogP) is 9.30. The van der Waals surface area contributed by atoms with Gasteiger partial charge in [0.1, 0.15) is 24.1 Å². The van der Waals surface area contributed by atoms with E-state index in [1.165, 1.54) is 19.1 Å². The number of aromatic nitrogens is 2. The van der Waals surface area contributed by atoms with Crippen LogP contribution in [0.2, 0.25) is 0 Å². The third kappa shape index (κ3) is 10.6. The number of hydrogen-bond acceptors (Lipinski definition) is 9. The molecule has 7 rings (SSSR count). The van der Waals surface area contributed by atoms with Crippen LogP contribution >= 0.6 is 0 Å². The average Bonchev–Trinajstić information content (AvgIpc) is 4.16. The van der Waals surface area contributed by atoms with E-state index in [2.05, 4.69) is 42.3 Å². The summed E-state index contributed by atoms with van der Waals surface area (Å²) in [6, 6.07) is 18.7. The molecule has 0 bridgehead atoms. The van der Waals surface area contributed by atoms with Crippen LogP contribution in [-0.4, -0.2) is 132 Å². The number of methoxy groups -OCH3 is 3. The van der Waals surface area contributed by atoms with Gasteiger partial charge in [-0.3, -0.25) is 19.4 Å². The number of alkyl carbamates (subject to hydrolysis) is 1. The van der Waals surface area contributed by atoms with Crippen molar-refractivity contribution >= 4 is 35.8 Å². The molecule has 71 heavy (non-hydrogen) atoms. The summed E-state index contributed by atoms with van der Waals surface area (Å²) in [5.74, 6) is -0.538. The number of amides is 5. The van der Waals surface area contributed by atoms with E-state index >= 15 is 0 Å². The highest BCUT2D eigenvalue weighted by molar-refractivity contribution is 5.93. The Morgan fingerprint density at radius 1 is 0.817 bits per heavy atom. The Bertz CT molecular complexity index is 2520. The van der Waals surface area contributed by atoms with Gasteiger partial charge in [-0.05, 0) is 83.2 Å². The smallest absolute Gasteiger partial charge is 0.413 e. The van der Waals surface area contributed by atoms with Crippen molar-refractivity contribution in [3.8, 4) is 22.4 Å². The zero-order valence-corrected chi connectivity index (χ0v) is 42.4. The van der Waals surface area contributed by atoms with Gasteiger partial charge in [0.25, 0.3) is 5.91 Å². The van der Waals surface area contributed by atoms with Crippen LogP contribution in [0.3, 0.4) is 0 Å². The third-order valence-corrected chi connectivity index (χ3v) is 14.8. The predicted molar refractivity (Wildman–Crippen MR) is 269 cm³/mol. The van der Waals surface area contributed by atoms with Gasteiger partial charge in [-0.15, -0.1) is 0 Å². The summed E-state index contributed by atoms with van der Waals surface area (Å²) >= 11 is 0. The van der Waals surface area contributed by atoms with Crippen molar-refractivity contribution in [1.29, 1.82) is 0 Å². The Morgan fingerprint density at radius 3 is 2.03 bits per heavy atom. The number of imidazole rings is 1. The standard InChI is InChI=1S/C54H71N7O10/c1-9-11-22-54(23-12-10-2)41-26-37(43-28-55-48(56-43)44-24-34(31-69-6)29-59(44)50(63)47(33(3)4)58(5)52(65)66)18-20-39(41)40-21-19-38(27-42(40)54)61(53(67)68)45-25-35(32-70-7)30-60(45)49(62)46(57-51(64)71-8)36-16-14-13-15-17-36/h13-21,26-28,33-35,44-47H,9-12,22-25,29-32H2,1-8H3,(H,55,56)(H,57,64)(H,65,66)(H,67,68)/t34-,35-,44-,45-,46+,47-/m0/s1. The van der Waals surface area contributed by atoms with Crippen LogP contribution in [0.15, 0.2) is 72.9 Å². The summed E-state index contributed by atoms with van der Waals surface area (Å²) in [5.41, 5.74) is 6.45. The molecule has 3 aliphatic rings. The lowest BCUT2D eigenvalue weighted by atomic mass is 9.70. The fraction of sp³-hybridized carbons (Fsp3) is 0.519. The maximum atomic E-state index is 14.7. The molecule has 5 amide bonds. The van der Waals surface area contributed by atoms with Gasteiger partial charge in [-0.25, -0.2) is 19.4 Å². The number of carbonyl (C=O) groups is 5. The highest BCUT2D eigenvalue weighted by Gasteiger charge is 2.47. The van der Waals surface area contributed by atoms with Gasteiger partial charge in [-0.1, -0.05) is 102 Å². The number of hydrogen-bond donors (Lipinski definition) is 4. The molecule has 17 heteroatoms. The monoisotopic (exact) mass is 978 g/mol. The Morgan fingerprint density at radius 2 is 1.44 bits per heavy atom. The van der Waals surface area contributed by atoms with Crippen LogP contribution in [0.1, 0.15) is 114 Å². The first-order valence-electron chi connectivity index (χ1n) is 24.9. The largest absolute Gasteiger partial charge is 0.465 e. The van der Waals surface area contributed by atoms with Crippen molar-refractivity contribution in [2.75, 3.05) is 59.6 Å². The van der Waals surface area contributed by atoms with E-state index in [9.17, 15) is 34.2 Å². The van der Waals surface area contributed by atoms with E-state index in [4.69, 9.17) is 19.2 Å². The minimum Gasteiger partial charge on any atom is -0.465 e. The first kappa shape index (κ1) is 52.4. The van der Waals surface area contributed by atoms with E-state index in [-0.39, 0.29) is 30.2 Å². The highest BCUT2D eigenvalue weighted by Crippen LogP contribution is 2.56. The second-order valence-electron chi connectivity index (χ2n) is 19.8. The topological polar surface area (TPSA) is 207 Å². The molecule has 1 aliphatic carbocycles. The number of ether oxygens (including phenoxy) is 3. The molecular formula is C54H71N7O10. The lowest BCUT2D eigenvalue weighted by Gasteiger charge is -2.36. The number of unbranched alkanes of at least 4 members (excludes halogenated alkanes) is 2. The number of nitrogens with one attached hydrogen (secondary N) is 2. The van der Waals surface area contributed by atoms with Crippen molar-refractivity contribution in [3.63, 3.8) is 0 Å². The van der Waals surface area contributed by atoms with E-state index in [1.54, 1.807) is 54.5 Å². The third-order valence-electron chi connectivity index (χ3n) is 14.8. The number of nitrogens with zero attached hydrogens (tertiary/aromatic N) is 5. The summed E-state index contributed by atoms with van der Waals surface area (Å²) in [6.45, 7) is 9.41. The lowest BCUT2D eigenvalue weighted by Crippen LogP contribution is -2.53. The number of likely N-dealkylation sites (tertiary alicyclic amines) is 2. The fourth-order valence-electron chi connectivity index (χ4n) is 11.5. The molecule has 4 N–H and O–H groups in total. The molecule has 0 spiro atoms. The van der Waals surface area contributed by atoms with Crippen LogP contribution in [0.5, 0.6) is 0 Å². The molecule has 0 saturated carbocycles. The quantitative estimate of drug-likeness (QED) is 0.0656. The molecule has 3 heterocycles. The second-order valence-corrected chi connectivity index (χ2v) is 19.8. The van der Waals surface area contributed by atoms with Crippen LogP contribution < -0.4 is 10.2 Å². The van der Waals surface area contributed by atoms with Gasteiger partial charge < -0.3 is 44.5 Å². The van der Waals surface area contributed by atoms with Crippen LogP contribution in [0, 0.1) is 17.8 Å². The van der Waals surface area contributed by atoms with E-state index in [0.29, 0.717) is 49.7 Å². The van der Waals surface area contributed by atoms with Crippen LogP contribution in [0.4, 0.5) is 20.1 Å². The molecule has 0 radical (unpaired) electrons. The van der Waals surface area contributed by atoms with E-state index in [1.807, 2.05) is 38.1 Å². The molecule has 2 aliphatic heterocycles. The molecule has 2 saturated heterocycles. The van der Waals surface area contributed by atoms with Gasteiger partial charge in [0.2, 0.25) is 5.91 Å². The van der Waals surface area contributed by atoms with Crippen molar-refractivity contribution < 1.29 is 48.4 Å². The number of aromatic amines is 1. The minimum atomic E-state index is -1.21. The molecule has 382 valence electrons. The SMILES string of the molecule is CCCCC1(CCCC)c2cc(-c3cnc([C@@H]4C[C@H](COC)CN4C(=O)[C@H](C(C)C)N(C)C(=O)O)[nH]3)ccc2-c2ccc(N(C(=O)O)[C@H]3C[C@H](COC)CN3C(=O)[C@H](NC(=O)OC)c3ccccc3)cc21. The number of carbonyl (C=O) groups excluding carboxylic acids is 3. The molecule has 17 nitrogen and oxygen atoms in total. The van der Waals surface area contributed by atoms with Crippen LogP contribution in [0.25, 0.3) is 22.4 Å². The van der Waals surface area contributed by atoms with Gasteiger partial charge in [-0.2, -0.15) is 0 Å². The van der Waals surface area contributed by atoms with Crippen molar-refractivity contribution in [3.05, 3.63) is 95.4 Å². The highest BCUT2D eigenvalue weighted by atomic mass is 16.5. The Kier molecular flexibility index (Phi) is 16.8. The van der Waals surface area contributed by atoms with Crippen LogP contribution in [-0.2, 0) is 29.2 Å². The molecule has 2 fully saturated rings.